The number of thiazole rings is 1. The molecule has 1 amide bonds. The average Bonchev–Trinajstić information content (AvgIpc) is 3.33. The van der Waals surface area contributed by atoms with Crippen LogP contribution in [0.4, 0.5) is 0 Å². The maximum absolute atomic E-state index is 12.9. The monoisotopic (exact) mass is 422 g/mol. The molecular weight excluding hydrogens is 400 g/mol. The predicted molar refractivity (Wildman–Crippen MR) is 121 cm³/mol. The number of para-hydroxylation sites is 3. The van der Waals surface area contributed by atoms with E-state index in [1.54, 1.807) is 16.2 Å². The number of carbonyl (C=O) groups excluding carboxylic acids is 1. The van der Waals surface area contributed by atoms with E-state index in [1.807, 2.05) is 62.5 Å². The Morgan fingerprint density at radius 2 is 1.93 bits per heavy atom. The molecule has 2 aromatic carbocycles. The quantitative estimate of drug-likeness (QED) is 0.305. The number of nitrogens with zero attached hydrogens (tertiary/aromatic N) is 4. The maximum Gasteiger partial charge on any atom is 0.233 e. The second kappa shape index (κ2) is 8.39. The molecule has 0 fully saturated rings. The highest BCUT2D eigenvalue weighted by Crippen LogP contribution is 2.30. The molecule has 0 bridgehead atoms. The van der Waals surface area contributed by atoms with E-state index in [9.17, 15) is 4.79 Å². The molecule has 1 atom stereocenters. The summed E-state index contributed by atoms with van der Waals surface area (Å²) in [5.41, 5.74) is 2.96. The Hall–Kier alpha value is -2.64. The number of hydrogen-bond donors (Lipinski definition) is 0. The zero-order chi connectivity index (χ0) is 20.4. The number of benzene rings is 2. The van der Waals surface area contributed by atoms with E-state index in [1.165, 1.54) is 11.8 Å². The van der Waals surface area contributed by atoms with Crippen LogP contribution in [0.5, 0.6) is 0 Å². The molecule has 5 nitrogen and oxygen atoms in total. The molecule has 0 radical (unpaired) electrons. The number of carbonyl (C=O) groups is 1. The molecule has 0 aliphatic rings. The molecule has 0 aliphatic carbocycles. The highest BCUT2D eigenvalue weighted by molar-refractivity contribution is 7.99. The van der Waals surface area contributed by atoms with Crippen LogP contribution in [0, 0.1) is 0 Å². The van der Waals surface area contributed by atoms with Gasteiger partial charge in [-0.25, -0.2) is 9.97 Å². The van der Waals surface area contributed by atoms with Crippen LogP contribution in [0.25, 0.3) is 21.3 Å². The number of fused-ring (bicyclic) bond motifs is 2. The summed E-state index contributed by atoms with van der Waals surface area (Å²) in [6.45, 7) is 6.53. The minimum atomic E-state index is -0.0764. The van der Waals surface area contributed by atoms with Gasteiger partial charge in [0.05, 0.1) is 33.0 Å². The van der Waals surface area contributed by atoms with E-state index in [4.69, 9.17) is 9.97 Å². The predicted octanol–water partition coefficient (Wildman–Crippen LogP) is 5.14. The van der Waals surface area contributed by atoms with Crippen molar-refractivity contribution in [3.05, 3.63) is 66.2 Å². The van der Waals surface area contributed by atoms with Crippen molar-refractivity contribution < 1.29 is 4.79 Å². The van der Waals surface area contributed by atoms with E-state index in [-0.39, 0.29) is 11.9 Å². The zero-order valence-electron chi connectivity index (χ0n) is 16.4. The molecule has 0 N–H and O–H groups in total. The van der Waals surface area contributed by atoms with Crippen LogP contribution in [-0.4, -0.2) is 38.1 Å². The molecule has 7 heteroatoms. The molecule has 29 heavy (non-hydrogen) atoms. The van der Waals surface area contributed by atoms with Crippen LogP contribution in [-0.2, 0) is 11.3 Å². The number of imidazole rings is 1. The van der Waals surface area contributed by atoms with Crippen molar-refractivity contribution in [3.63, 3.8) is 0 Å². The molecular formula is C22H22N4OS2. The third-order valence-electron chi connectivity index (χ3n) is 4.90. The normalized spacial score (nSPS) is 12.3. The van der Waals surface area contributed by atoms with Crippen LogP contribution < -0.4 is 0 Å². The number of rotatable bonds is 7. The van der Waals surface area contributed by atoms with Gasteiger partial charge in [0.25, 0.3) is 0 Å². The standard InChI is InChI=1S/C22H22N4OS2/c1-4-13-26-18-11-7-5-9-16(18)24-22(26)28-14-20(27)25(3)15(2)21-23-17-10-6-8-12-19(17)29-21/h4-12,15H,1,13-14H2,2-3H3. The first-order chi connectivity index (χ1) is 14.1. The Bertz CT molecular complexity index is 1150. The molecule has 2 heterocycles. The second-order valence-corrected chi connectivity index (χ2v) is 8.78. The van der Waals surface area contributed by atoms with Gasteiger partial charge in [0, 0.05) is 13.6 Å². The maximum atomic E-state index is 12.9. The number of amides is 1. The Morgan fingerprint density at radius 3 is 2.69 bits per heavy atom. The summed E-state index contributed by atoms with van der Waals surface area (Å²) in [4.78, 5) is 24.0. The molecule has 0 aliphatic heterocycles. The fourth-order valence-corrected chi connectivity index (χ4v) is 5.16. The Morgan fingerprint density at radius 1 is 1.21 bits per heavy atom. The SMILES string of the molecule is C=CCn1c(SCC(=O)N(C)C(C)c2nc3ccccc3s2)nc2ccccc21. The Labute approximate surface area is 178 Å². The molecule has 2 aromatic heterocycles. The molecule has 0 spiro atoms. The molecule has 4 rings (SSSR count). The summed E-state index contributed by atoms with van der Waals surface area (Å²) in [7, 11) is 1.84. The molecule has 0 saturated carbocycles. The van der Waals surface area contributed by atoms with E-state index in [0.717, 1.165) is 31.4 Å². The van der Waals surface area contributed by atoms with Gasteiger partial charge in [-0.05, 0) is 31.2 Å². The van der Waals surface area contributed by atoms with E-state index >= 15 is 0 Å². The third-order valence-corrected chi connectivity index (χ3v) is 7.07. The van der Waals surface area contributed by atoms with Crippen molar-refractivity contribution in [1.29, 1.82) is 0 Å². The third kappa shape index (κ3) is 3.93. The first-order valence-electron chi connectivity index (χ1n) is 9.38. The number of hydrogen-bond acceptors (Lipinski definition) is 5. The summed E-state index contributed by atoms with van der Waals surface area (Å²) in [5, 5.41) is 1.78. The van der Waals surface area contributed by atoms with Gasteiger partial charge in [-0.15, -0.1) is 17.9 Å². The lowest BCUT2D eigenvalue weighted by Gasteiger charge is -2.23. The van der Waals surface area contributed by atoms with Gasteiger partial charge in [0.1, 0.15) is 5.01 Å². The Balaban J connectivity index is 1.48. The summed E-state index contributed by atoms with van der Waals surface area (Å²) < 4.78 is 3.24. The van der Waals surface area contributed by atoms with Gasteiger partial charge in [-0.3, -0.25) is 4.79 Å². The lowest BCUT2D eigenvalue weighted by molar-refractivity contribution is -0.128. The van der Waals surface area contributed by atoms with Crippen LogP contribution in [0.2, 0.25) is 0 Å². The van der Waals surface area contributed by atoms with Crippen LogP contribution >= 0.6 is 23.1 Å². The van der Waals surface area contributed by atoms with Gasteiger partial charge in [0.2, 0.25) is 5.91 Å². The van der Waals surface area contributed by atoms with Crippen molar-refractivity contribution in [2.75, 3.05) is 12.8 Å². The molecule has 0 saturated heterocycles. The van der Waals surface area contributed by atoms with Crippen molar-refractivity contribution in [2.45, 2.75) is 24.7 Å². The first-order valence-corrected chi connectivity index (χ1v) is 11.2. The van der Waals surface area contributed by atoms with Crippen molar-refractivity contribution in [3.8, 4) is 0 Å². The van der Waals surface area contributed by atoms with Crippen LogP contribution in [0.1, 0.15) is 18.0 Å². The van der Waals surface area contributed by atoms with E-state index in [2.05, 4.69) is 17.2 Å². The average molecular weight is 423 g/mol. The largest absolute Gasteiger partial charge is 0.336 e. The van der Waals surface area contributed by atoms with Gasteiger partial charge < -0.3 is 9.47 Å². The lowest BCUT2D eigenvalue weighted by Crippen LogP contribution is -2.31. The molecule has 148 valence electrons. The summed E-state index contributed by atoms with van der Waals surface area (Å²) >= 11 is 3.10. The van der Waals surface area contributed by atoms with E-state index < -0.39 is 0 Å². The highest BCUT2D eigenvalue weighted by Gasteiger charge is 2.21. The van der Waals surface area contributed by atoms with Crippen molar-refractivity contribution in [2.24, 2.45) is 0 Å². The van der Waals surface area contributed by atoms with Crippen LogP contribution in [0.15, 0.2) is 66.3 Å². The second-order valence-electron chi connectivity index (χ2n) is 6.77. The zero-order valence-corrected chi connectivity index (χ0v) is 18.0. The van der Waals surface area contributed by atoms with Gasteiger partial charge >= 0.3 is 0 Å². The Kier molecular flexibility index (Phi) is 5.69. The van der Waals surface area contributed by atoms with Gasteiger partial charge in [-0.2, -0.15) is 0 Å². The minimum absolute atomic E-state index is 0.0546. The number of thioether (sulfide) groups is 1. The van der Waals surface area contributed by atoms with E-state index in [0.29, 0.717) is 12.3 Å². The van der Waals surface area contributed by atoms with Crippen LogP contribution in [0.3, 0.4) is 0 Å². The van der Waals surface area contributed by atoms with Gasteiger partial charge in [0.15, 0.2) is 5.16 Å². The smallest absolute Gasteiger partial charge is 0.233 e. The fourth-order valence-electron chi connectivity index (χ4n) is 3.15. The molecule has 4 aromatic rings. The number of allylic oxidation sites excluding steroid dienone is 1. The first kappa shape index (κ1) is 19.7. The summed E-state index contributed by atoms with van der Waals surface area (Å²) in [5.74, 6) is 0.380. The minimum Gasteiger partial charge on any atom is -0.336 e. The van der Waals surface area contributed by atoms with Crippen molar-refractivity contribution >= 4 is 50.3 Å². The fraction of sp³-hybridized carbons (Fsp3) is 0.227. The number of aromatic nitrogens is 3. The van der Waals surface area contributed by atoms with Gasteiger partial charge in [-0.1, -0.05) is 42.1 Å². The highest BCUT2D eigenvalue weighted by atomic mass is 32.2. The topological polar surface area (TPSA) is 51.0 Å². The summed E-state index contributed by atoms with van der Waals surface area (Å²) in [6.07, 6.45) is 1.85. The van der Waals surface area contributed by atoms with Crippen molar-refractivity contribution in [1.82, 2.24) is 19.4 Å². The lowest BCUT2D eigenvalue weighted by atomic mass is 10.3. The molecule has 1 unspecified atom stereocenters. The summed E-state index contributed by atoms with van der Waals surface area (Å²) in [6, 6.07) is 16.0.